The van der Waals surface area contributed by atoms with Crippen LogP contribution >= 0.6 is 0 Å². The van der Waals surface area contributed by atoms with Gasteiger partial charge in [-0.25, -0.2) is 4.39 Å². The quantitative estimate of drug-likeness (QED) is 0.395. The summed E-state index contributed by atoms with van der Waals surface area (Å²) in [5.41, 5.74) is 1.12. The number of nitrogens with zero attached hydrogens (tertiary/aromatic N) is 1. The number of carbonyl (C=O) groups excluding carboxylic acids is 2. The molecule has 2 heterocycles. The Morgan fingerprint density at radius 3 is 2.60 bits per heavy atom. The van der Waals surface area contributed by atoms with Gasteiger partial charge in [0.25, 0.3) is 11.7 Å². The highest BCUT2D eigenvalue weighted by molar-refractivity contribution is 6.51. The van der Waals surface area contributed by atoms with Gasteiger partial charge in [-0.05, 0) is 55.0 Å². The molecule has 1 unspecified atom stereocenters. The van der Waals surface area contributed by atoms with E-state index in [-0.39, 0.29) is 22.6 Å². The minimum atomic E-state index is -1.02. The number of benzene rings is 2. The number of aliphatic hydroxyl groups excluding tert-OH is 1. The molecular formula is C23H18FNO5. The molecule has 152 valence electrons. The molecule has 0 saturated carbocycles. The average molecular weight is 407 g/mol. The second-order valence-corrected chi connectivity index (χ2v) is 6.87. The first-order valence-corrected chi connectivity index (χ1v) is 9.17. The van der Waals surface area contributed by atoms with Crippen LogP contribution in [0.25, 0.3) is 5.76 Å². The monoisotopic (exact) mass is 407 g/mol. The molecule has 1 atom stereocenters. The summed E-state index contributed by atoms with van der Waals surface area (Å²) in [5, 5.41) is 11.0. The third kappa shape index (κ3) is 3.14. The molecule has 30 heavy (non-hydrogen) atoms. The highest BCUT2D eigenvalue weighted by Gasteiger charge is 2.48. The number of anilines is 1. The van der Waals surface area contributed by atoms with Crippen LogP contribution in [0.4, 0.5) is 10.1 Å². The van der Waals surface area contributed by atoms with Gasteiger partial charge in [-0.3, -0.25) is 14.5 Å². The number of carbonyl (C=O) groups is 2. The van der Waals surface area contributed by atoms with E-state index in [0.29, 0.717) is 5.69 Å². The first-order chi connectivity index (χ1) is 14.4. The molecule has 6 nitrogen and oxygen atoms in total. The van der Waals surface area contributed by atoms with Crippen LogP contribution in [-0.4, -0.2) is 23.9 Å². The zero-order chi connectivity index (χ0) is 21.4. The molecule has 1 fully saturated rings. The molecule has 1 saturated heterocycles. The van der Waals surface area contributed by atoms with Crippen molar-refractivity contribution in [3.05, 3.63) is 89.1 Å². The van der Waals surface area contributed by atoms with Gasteiger partial charge in [0, 0.05) is 5.69 Å². The van der Waals surface area contributed by atoms with Crippen molar-refractivity contribution in [2.45, 2.75) is 13.0 Å². The SMILES string of the molecule is COc1ccc(F)cc1/C(O)=C1/C(=O)C(=O)N(c2cccc(C)c2)C1c1ccco1. The maximum atomic E-state index is 13.9. The standard InChI is InChI=1S/C23H18FNO5/c1-13-5-3-6-15(11-13)25-20(18-7-4-10-30-18)19(22(27)23(25)28)21(26)16-12-14(24)8-9-17(16)29-2/h3-12,20,26H,1-2H3/b21-19-. The number of aliphatic hydroxyl groups is 1. The first-order valence-electron chi connectivity index (χ1n) is 9.17. The fraction of sp³-hybridized carbons (Fsp3) is 0.130. The fourth-order valence-corrected chi connectivity index (χ4v) is 3.60. The van der Waals surface area contributed by atoms with E-state index in [1.54, 1.807) is 30.3 Å². The number of amides is 1. The first kappa shape index (κ1) is 19.4. The number of furan rings is 1. The molecule has 1 aliphatic heterocycles. The summed E-state index contributed by atoms with van der Waals surface area (Å²) in [4.78, 5) is 27.2. The Balaban J connectivity index is 1.97. The van der Waals surface area contributed by atoms with Crippen molar-refractivity contribution in [1.82, 2.24) is 0 Å². The van der Waals surface area contributed by atoms with E-state index >= 15 is 0 Å². The van der Waals surface area contributed by atoms with Crippen molar-refractivity contribution in [3.8, 4) is 5.75 Å². The predicted octanol–water partition coefficient (Wildman–Crippen LogP) is 4.36. The van der Waals surface area contributed by atoms with Crippen LogP contribution in [0.2, 0.25) is 0 Å². The highest BCUT2D eigenvalue weighted by atomic mass is 19.1. The van der Waals surface area contributed by atoms with Crippen LogP contribution < -0.4 is 9.64 Å². The number of ether oxygens (including phenoxy) is 1. The molecule has 0 radical (unpaired) electrons. The van der Waals surface area contributed by atoms with E-state index in [2.05, 4.69) is 0 Å². The fourth-order valence-electron chi connectivity index (χ4n) is 3.60. The molecule has 1 aliphatic rings. The van der Waals surface area contributed by atoms with Crippen LogP contribution in [0.15, 0.2) is 70.9 Å². The Labute approximate surface area is 171 Å². The number of rotatable bonds is 4. The lowest BCUT2D eigenvalue weighted by atomic mass is 9.98. The molecule has 1 amide bonds. The van der Waals surface area contributed by atoms with Crippen molar-refractivity contribution in [3.63, 3.8) is 0 Å². The van der Waals surface area contributed by atoms with Gasteiger partial charge >= 0.3 is 0 Å². The maximum absolute atomic E-state index is 13.9. The predicted molar refractivity (Wildman–Crippen MR) is 108 cm³/mol. The smallest absolute Gasteiger partial charge is 0.300 e. The number of ketones is 1. The molecule has 4 rings (SSSR count). The molecule has 0 aliphatic carbocycles. The van der Waals surface area contributed by atoms with Crippen molar-refractivity contribution < 1.29 is 28.2 Å². The van der Waals surface area contributed by atoms with Crippen LogP contribution in [0.5, 0.6) is 5.75 Å². The third-order valence-electron chi connectivity index (χ3n) is 4.95. The molecule has 0 bridgehead atoms. The van der Waals surface area contributed by atoms with Gasteiger partial charge in [0.1, 0.15) is 29.1 Å². The van der Waals surface area contributed by atoms with Gasteiger partial charge in [-0.1, -0.05) is 12.1 Å². The van der Waals surface area contributed by atoms with Crippen LogP contribution in [-0.2, 0) is 9.59 Å². The Bertz CT molecular complexity index is 1170. The van der Waals surface area contributed by atoms with Crippen molar-refractivity contribution >= 4 is 23.1 Å². The van der Waals surface area contributed by atoms with Crippen LogP contribution in [0, 0.1) is 12.7 Å². The molecule has 7 heteroatoms. The second kappa shape index (κ2) is 7.51. The van der Waals surface area contributed by atoms with E-state index in [9.17, 15) is 19.1 Å². The van der Waals surface area contributed by atoms with Crippen molar-refractivity contribution in [1.29, 1.82) is 0 Å². The zero-order valence-corrected chi connectivity index (χ0v) is 16.3. The lowest BCUT2D eigenvalue weighted by Gasteiger charge is -2.23. The molecular weight excluding hydrogens is 389 g/mol. The Morgan fingerprint density at radius 2 is 1.93 bits per heavy atom. The maximum Gasteiger partial charge on any atom is 0.300 e. The van der Waals surface area contributed by atoms with E-state index in [1.165, 1.54) is 30.4 Å². The summed E-state index contributed by atoms with van der Waals surface area (Å²) < 4.78 is 24.6. The minimum Gasteiger partial charge on any atom is -0.507 e. The number of halogens is 1. The summed E-state index contributed by atoms with van der Waals surface area (Å²) in [6.45, 7) is 1.86. The summed E-state index contributed by atoms with van der Waals surface area (Å²) in [6.07, 6.45) is 1.41. The Morgan fingerprint density at radius 1 is 1.13 bits per heavy atom. The number of hydrogen-bond donors (Lipinski definition) is 1. The topological polar surface area (TPSA) is 80.0 Å². The minimum absolute atomic E-state index is 0.0312. The highest BCUT2D eigenvalue weighted by Crippen LogP contribution is 2.43. The van der Waals surface area contributed by atoms with Gasteiger partial charge in [0.05, 0.1) is 24.5 Å². The van der Waals surface area contributed by atoms with Gasteiger partial charge in [-0.2, -0.15) is 0 Å². The molecule has 1 aromatic heterocycles. The lowest BCUT2D eigenvalue weighted by molar-refractivity contribution is -0.132. The van der Waals surface area contributed by atoms with Gasteiger partial charge < -0.3 is 14.3 Å². The number of aryl methyl sites for hydroxylation is 1. The number of Topliss-reactive ketones (excluding diaryl/α,β-unsaturated/α-hetero) is 1. The lowest BCUT2D eigenvalue weighted by Crippen LogP contribution is -2.29. The van der Waals surface area contributed by atoms with Crippen LogP contribution in [0.3, 0.4) is 0 Å². The molecule has 3 aromatic rings. The Hall–Kier alpha value is -3.87. The molecule has 0 spiro atoms. The average Bonchev–Trinajstić information content (AvgIpc) is 3.34. The van der Waals surface area contributed by atoms with Gasteiger partial charge in [0.15, 0.2) is 0 Å². The summed E-state index contributed by atoms with van der Waals surface area (Å²) in [7, 11) is 1.36. The summed E-state index contributed by atoms with van der Waals surface area (Å²) in [6, 6.07) is 12.8. The van der Waals surface area contributed by atoms with Gasteiger partial charge in [-0.15, -0.1) is 0 Å². The van der Waals surface area contributed by atoms with Gasteiger partial charge in [0.2, 0.25) is 0 Å². The largest absolute Gasteiger partial charge is 0.507 e. The summed E-state index contributed by atoms with van der Waals surface area (Å²) in [5.74, 6) is -2.44. The molecule has 1 N–H and O–H groups in total. The van der Waals surface area contributed by atoms with E-state index in [1.807, 2.05) is 13.0 Å². The third-order valence-corrected chi connectivity index (χ3v) is 4.95. The number of methoxy groups -OCH3 is 1. The van der Waals surface area contributed by atoms with Crippen molar-refractivity contribution in [2.24, 2.45) is 0 Å². The van der Waals surface area contributed by atoms with Crippen molar-refractivity contribution in [2.75, 3.05) is 12.0 Å². The Kier molecular flexibility index (Phi) is 4.87. The number of hydrogen-bond acceptors (Lipinski definition) is 5. The molecule has 2 aromatic carbocycles. The van der Waals surface area contributed by atoms with Crippen LogP contribution in [0.1, 0.15) is 22.9 Å². The zero-order valence-electron chi connectivity index (χ0n) is 16.3. The van der Waals surface area contributed by atoms with E-state index in [4.69, 9.17) is 9.15 Å². The second-order valence-electron chi connectivity index (χ2n) is 6.87. The van der Waals surface area contributed by atoms with E-state index in [0.717, 1.165) is 11.6 Å². The normalized spacial score (nSPS) is 18.1. The van der Waals surface area contributed by atoms with E-state index < -0.39 is 29.3 Å². The summed E-state index contributed by atoms with van der Waals surface area (Å²) >= 11 is 0.